The van der Waals surface area contributed by atoms with Crippen LogP contribution in [0.1, 0.15) is 17.3 Å². The van der Waals surface area contributed by atoms with Crippen LogP contribution in [0.5, 0.6) is 0 Å². The summed E-state index contributed by atoms with van der Waals surface area (Å²) in [6.07, 6.45) is 0. The lowest BCUT2D eigenvalue weighted by Gasteiger charge is -2.09. The summed E-state index contributed by atoms with van der Waals surface area (Å²) in [4.78, 5) is 4.19. The van der Waals surface area contributed by atoms with Crippen LogP contribution in [0.25, 0.3) is 0 Å². The summed E-state index contributed by atoms with van der Waals surface area (Å²) in [6.45, 7) is 3.55. The van der Waals surface area contributed by atoms with Crippen molar-refractivity contribution >= 4 is 15.7 Å². The normalized spacial score (nSPS) is 11.6. The highest BCUT2D eigenvalue weighted by molar-refractivity contribution is 7.89. The summed E-state index contributed by atoms with van der Waals surface area (Å²) in [5, 5.41) is 0. The molecule has 8 heteroatoms. The Morgan fingerprint density at radius 3 is 2.60 bits per heavy atom. The lowest BCUT2D eigenvalue weighted by atomic mass is 10.3. The van der Waals surface area contributed by atoms with Gasteiger partial charge in [-0.25, -0.2) is 18.1 Å². The summed E-state index contributed by atoms with van der Waals surface area (Å²) >= 11 is 0. The van der Waals surface area contributed by atoms with Crippen LogP contribution >= 0.6 is 0 Å². The van der Waals surface area contributed by atoms with Crippen molar-refractivity contribution in [1.29, 1.82) is 0 Å². The van der Waals surface area contributed by atoms with E-state index in [0.717, 1.165) is 5.69 Å². The molecule has 1 aromatic heterocycles. The molecule has 0 aliphatic carbocycles. The fourth-order valence-corrected chi connectivity index (χ4v) is 2.81. The Bertz CT molecular complexity index is 690. The molecule has 2 rings (SSSR count). The minimum absolute atomic E-state index is 0.0179. The van der Waals surface area contributed by atoms with E-state index in [9.17, 15) is 8.42 Å². The van der Waals surface area contributed by atoms with Gasteiger partial charge in [0, 0.05) is 0 Å². The first-order valence-corrected chi connectivity index (χ1v) is 7.40. The number of aromatic nitrogens is 1. The van der Waals surface area contributed by atoms with E-state index >= 15 is 0 Å². The maximum absolute atomic E-state index is 12.2. The van der Waals surface area contributed by atoms with Crippen molar-refractivity contribution in [1.82, 2.24) is 9.71 Å². The second kappa shape index (κ2) is 5.61. The van der Waals surface area contributed by atoms with Crippen LogP contribution < -0.4 is 16.0 Å². The largest absolute Gasteiger partial charge is 0.444 e. The Hall–Kier alpha value is -1.90. The fourth-order valence-electron chi connectivity index (χ4n) is 1.67. The third-order valence-corrected chi connectivity index (χ3v) is 4.28. The third-order valence-electron chi connectivity index (χ3n) is 2.82. The SMILES string of the molecule is Cc1nc(CNS(=O)(=O)c2ccccc2NN)oc1C. The zero-order chi connectivity index (χ0) is 14.8. The first kappa shape index (κ1) is 14.5. The Balaban J connectivity index is 2.19. The molecule has 0 saturated carbocycles. The van der Waals surface area contributed by atoms with Crippen molar-refractivity contribution in [3.8, 4) is 0 Å². The minimum atomic E-state index is -3.70. The first-order chi connectivity index (χ1) is 9.44. The number of para-hydroxylation sites is 1. The summed E-state index contributed by atoms with van der Waals surface area (Å²) in [7, 11) is -3.70. The summed E-state index contributed by atoms with van der Waals surface area (Å²) in [5.41, 5.74) is 3.41. The minimum Gasteiger partial charge on any atom is -0.444 e. The highest BCUT2D eigenvalue weighted by Gasteiger charge is 2.18. The van der Waals surface area contributed by atoms with Crippen molar-refractivity contribution in [2.75, 3.05) is 5.43 Å². The molecule has 0 unspecified atom stereocenters. The van der Waals surface area contributed by atoms with E-state index in [4.69, 9.17) is 10.3 Å². The van der Waals surface area contributed by atoms with Crippen molar-refractivity contribution in [3.05, 3.63) is 41.6 Å². The second-order valence-electron chi connectivity index (χ2n) is 4.21. The third kappa shape index (κ3) is 2.98. The molecular weight excluding hydrogens is 280 g/mol. The van der Waals surface area contributed by atoms with E-state index in [0.29, 0.717) is 17.3 Å². The van der Waals surface area contributed by atoms with Gasteiger partial charge in [0.1, 0.15) is 10.7 Å². The van der Waals surface area contributed by atoms with Gasteiger partial charge in [0.25, 0.3) is 0 Å². The molecular formula is C12H16N4O3S. The van der Waals surface area contributed by atoms with Gasteiger partial charge in [0.15, 0.2) is 0 Å². The van der Waals surface area contributed by atoms with E-state index in [-0.39, 0.29) is 11.4 Å². The molecule has 20 heavy (non-hydrogen) atoms. The van der Waals surface area contributed by atoms with Crippen molar-refractivity contribution in [3.63, 3.8) is 0 Å². The number of nitrogen functional groups attached to an aromatic ring is 1. The molecule has 1 heterocycles. The number of oxazole rings is 1. The summed E-state index contributed by atoms with van der Waals surface area (Å²) in [6, 6.07) is 6.35. The van der Waals surface area contributed by atoms with E-state index in [1.54, 1.807) is 32.0 Å². The topological polar surface area (TPSA) is 110 Å². The number of aryl methyl sites for hydroxylation is 2. The zero-order valence-corrected chi connectivity index (χ0v) is 12.0. The van der Waals surface area contributed by atoms with Gasteiger partial charge in [-0.1, -0.05) is 12.1 Å². The predicted molar refractivity (Wildman–Crippen MR) is 74.3 cm³/mol. The number of benzene rings is 1. The Labute approximate surface area is 117 Å². The molecule has 0 spiro atoms. The summed E-state index contributed by atoms with van der Waals surface area (Å²) in [5.74, 6) is 6.30. The van der Waals surface area contributed by atoms with E-state index in [1.807, 2.05) is 0 Å². The number of rotatable bonds is 5. The molecule has 4 N–H and O–H groups in total. The maximum atomic E-state index is 12.2. The van der Waals surface area contributed by atoms with Gasteiger partial charge < -0.3 is 9.84 Å². The van der Waals surface area contributed by atoms with Crippen LogP contribution in [0.4, 0.5) is 5.69 Å². The number of nitrogens with one attached hydrogen (secondary N) is 2. The van der Waals surface area contributed by atoms with Crippen LogP contribution in [0.15, 0.2) is 33.6 Å². The number of nitrogens with two attached hydrogens (primary N) is 1. The average molecular weight is 296 g/mol. The molecule has 0 atom stereocenters. The number of hydrogen-bond donors (Lipinski definition) is 3. The average Bonchev–Trinajstić information content (AvgIpc) is 2.76. The predicted octanol–water partition coefficient (Wildman–Crippen LogP) is 1.06. The zero-order valence-electron chi connectivity index (χ0n) is 11.2. The van der Waals surface area contributed by atoms with Crippen LogP contribution in [0.3, 0.4) is 0 Å². The van der Waals surface area contributed by atoms with E-state index in [2.05, 4.69) is 15.1 Å². The smallest absolute Gasteiger partial charge is 0.243 e. The molecule has 0 saturated heterocycles. The van der Waals surface area contributed by atoms with Gasteiger partial charge in [0.05, 0.1) is 17.9 Å². The van der Waals surface area contributed by atoms with Crippen LogP contribution in [-0.2, 0) is 16.6 Å². The molecule has 7 nitrogen and oxygen atoms in total. The monoisotopic (exact) mass is 296 g/mol. The number of hydrogen-bond acceptors (Lipinski definition) is 6. The first-order valence-electron chi connectivity index (χ1n) is 5.92. The van der Waals surface area contributed by atoms with Gasteiger partial charge in [-0.2, -0.15) is 0 Å². The van der Waals surface area contributed by atoms with Gasteiger partial charge in [-0.05, 0) is 26.0 Å². The lowest BCUT2D eigenvalue weighted by Crippen LogP contribution is -2.25. The van der Waals surface area contributed by atoms with Gasteiger partial charge in [0.2, 0.25) is 15.9 Å². The molecule has 0 radical (unpaired) electrons. The number of nitrogens with zero attached hydrogens (tertiary/aromatic N) is 1. The van der Waals surface area contributed by atoms with Gasteiger partial charge in [-0.3, -0.25) is 5.84 Å². The van der Waals surface area contributed by atoms with Crippen molar-refractivity contribution in [2.45, 2.75) is 25.3 Å². The lowest BCUT2D eigenvalue weighted by molar-refractivity contribution is 0.463. The van der Waals surface area contributed by atoms with Crippen molar-refractivity contribution in [2.24, 2.45) is 5.84 Å². The van der Waals surface area contributed by atoms with Crippen molar-refractivity contribution < 1.29 is 12.8 Å². The van der Waals surface area contributed by atoms with Gasteiger partial charge in [-0.15, -0.1) is 0 Å². The standard InChI is InChI=1S/C12H16N4O3S/c1-8-9(2)19-12(15-8)7-14-20(17,18)11-6-4-3-5-10(11)16-13/h3-6,14,16H,7,13H2,1-2H3. The number of hydrazine groups is 1. The summed E-state index contributed by atoms with van der Waals surface area (Å²) < 4.78 is 32.2. The molecule has 0 fully saturated rings. The number of anilines is 1. The van der Waals surface area contributed by atoms with Crippen LogP contribution in [0, 0.1) is 13.8 Å². The molecule has 1 aromatic carbocycles. The Morgan fingerprint density at radius 1 is 1.30 bits per heavy atom. The van der Waals surface area contributed by atoms with Crippen LogP contribution in [0.2, 0.25) is 0 Å². The van der Waals surface area contributed by atoms with Gasteiger partial charge >= 0.3 is 0 Å². The Morgan fingerprint density at radius 2 is 2.00 bits per heavy atom. The quantitative estimate of drug-likeness (QED) is 0.562. The molecule has 108 valence electrons. The molecule has 0 bridgehead atoms. The second-order valence-corrected chi connectivity index (χ2v) is 5.95. The fraction of sp³-hybridized carbons (Fsp3) is 0.250. The maximum Gasteiger partial charge on any atom is 0.243 e. The number of sulfonamides is 1. The highest BCUT2D eigenvalue weighted by Crippen LogP contribution is 2.19. The van der Waals surface area contributed by atoms with Crippen LogP contribution in [-0.4, -0.2) is 13.4 Å². The Kier molecular flexibility index (Phi) is 4.07. The molecule has 0 aliphatic rings. The van der Waals surface area contributed by atoms with E-state index < -0.39 is 10.0 Å². The molecule has 0 aliphatic heterocycles. The highest BCUT2D eigenvalue weighted by atomic mass is 32.2. The molecule has 2 aromatic rings. The van der Waals surface area contributed by atoms with E-state index in [1.165, 1.54) is 6.07 Å². The molecule has 0 amide bonds.